The zero-order valence-electron chi connectivity index (χ0n) is 5.10. The van der Waals surface area contributed by atoms with Crippen LogP contribution in [0.4, 0.5) is 0 Å². The maximum atomic E-state index is 2.30. The summed E-state index contributed by atoms with van der Waals surface area (Å²) < 4.78 is 1.30. The van der Waals surface area contributed by atoms with Gasteiger partial charge in [-0.15, -0.1) is 12.4 Å². The van der Waals surface area contributed by atoms with E-state index in [-0.39, 0.29) is 12.4 Å². The van der Waals surface area contributed by atoms with Gasteiger partial charge >= 0.3 is 0 Å². The third kappa shape index (κ3) is 3.06. The van der Waals surface area contributed by atoms with Gasteiger partial charge < -0.3 is 0 Å². The second kappa shape index (κ2) is 4.12. The molecule has 0 unspecified atom stereocenters. The van der Waals surface area contributed by atoms with Gasteiger partial charge in [-0.05, 0) is 41.6 Å². The van der Waals surface area contributed by atoms with Crippen LogP contribution in [0, 0.1) is 10.5 Å². The highest BCUT2D eigenvalue weighted by Crippen LogP contribution is 2.04. The van der Waals surface area contributed by atoms with Crippen LogP contribution < -0.4 is 0 Å². The second-order valence-corrected chi connectivity index (χ2v) is 3.04. The molecule has 0 spiro atoms. The Bertz CT molecular complexity index is 148. The van der Waals surface area contributed by atoms with Crippen molar-refractivity contribution in [1.29, 1.82) is 0 Å². The van der Waals surface area contributed by atoms with Crippen LogP contribution in [0.1, 0.15) is 5.56 Å². The number of aryl methyl sites for hydroxylation is 1. The molecule has 0 N–H and O–H groups in total. The smallest absolute Gasteiger partial charge is 0.0130 e. The minimum Gasteiger partial charge on any atom is -0.147 e. The first kappa shape index (κ1) is 9.24. The molecule has 0 aliphatic rings. The Labute approximate surface area is 75.2 Å². The number of benzene rings is 1. The fourth-order valence-electron chi connectivity index (χ4n) is 0.533. The van der Waals surface area contributed by atoms with Crippen molar-refractivity contribution in [2.45, 2.75) is 6.92 Å². The number of hydrogen-bond donors (Lipinski definition) is 0. The first-order valence-electron chi connectivity index (χ1n) is 2.51. The van der Waals surface area contributed by atoms with Gasteiger partial charge in [-0.2, -0.15) is 0 Å². The summed E-state index contributed by atoms with van der Waals surface area (Å²) in [5.41, 5.74) is 1.32. The van der Waals surface area contributed by atoms with Crippen molar-refractivity contribution in [2.75, 3.05) is 0 Å². The lowest BCUT2D eigenvalue weighted by Crippen LogP contribution is -1.69. The standard InChI is InChI=1S/C7H7I.ClH/c1-6-2-4-7(8)5-3-6;/h2-5H,1H3;1H. The van der Waals surface area contributed by atoms with Crippen molar-refractivity contribution in [2.24, 2.45) is 0 Å². The van der Waals surface area contributed by atoms with E-state index in [9.17, 15) is 0 Å². The number of halogens is 2. The van der Waals surface area contributed by atoms with E-state index in [1.165, 1.54) is 9.13 Å². The summed E-state index contributed by atoms with van der Waals surface area (Å²) in [5.74, 6) is 0. The maximum absolute atomic E-state index is 2.30. The van der Waals surface area contributed by atoms with E-state index in [4.69, 9.17) is 0 Å². The van der Waals surface area contributed by atoms with Crippen LogP contribution in [0.2, 0.25) is 0 Å². The molecular formula is C7H8ClI. The largest absolute Gasteiger partial charge is 0.147 e. The van der Waals surface area contributed by atoms with Gasteiger partial charge in [0.05, 0.1) is 0 Å². The Hall–Kier alpha value is 0.240. The van der Waals surface area contributed by atoms with Crippen molar-refractivity contribution in [3.8, 4) is 0 Å². The summed E-state index contributed by atoms with van der Waals surface area (Å²) in [5, 5.41) is 0. The summed E-state index contributed by atoms with van der Waals surface area (Å²) in [4.78, 5) is 0. The van der Waals surface area contributed by atoms with Gasteiger partial charge in [0.25, 0.3) is 0 Å². The predicted octanol–water partition coefficient (Wildman–Crippen LogP) is 3.02. The van der Waals surface area contributed by atoms with Crippen LogP contribution in [0.15, 0.2) is 24.3 Å². The van der Waals surface area contributed by atoms with Crippen LogP contribution in [-0.4, -0.2) is 0 Å². The van der Waals surface area contributed by atoms with E-state index >= 15 is 0 Å². The monoisotopic (exact) mass is 254 g/mol. The lowest BCUT2D eigenvalue weighted by atomic mass is 10.2. The summed E-state index contributed by atoms with van der Waals surface area (Å²) >= 11 is 2.30. The van der Waals surface area contributed by atoms with Gasteiger partial charge in [0.1, 0.15) is 0 Å². The summed E-state index contributed by atoms with van der Waals surface area (Å²) in [6.45, 7) is 2.09. The first-order valence-corrected chi connectivity index (χ1v) is 3.59. The highest BCUT2D eigenvalue weighted by molar-refractivity contribution is 14.1. The van der Waals surface area contributed by atoms with Gasteiger partial charge in [-0.1, -0.05) is 17.7 Å². The van der Waals surface area contributed by atoms with Crippen LogP contribution in [0.3, 0.4) is 0 Å². The minimum atomic E-state index is 0. The molecule has 0 saturated heterocycles. The summed E-state index contributed by atoms with van der Waals surface area (Å²) in [6, 6.07) is 8.44. The predicted molar refractivity (Wildman–Crippen MR) is 51.1 cm³/mol. The molecule has 0 atom stereocenters. The third-order valence-electron chi connectivity index (χ3n) is 1.01. The first-order chi connectivity index (χ1) is 3.79. The molecule has 0 aliphatic carbocycles. The maximum Gasteiger partial charge on any atom is 0.0130 e. The topological polar surface area (TPSA) is 0 Å². The Morgan fingerprint density at radius 3 is 1.89 bits per heavy atom. The molecule has 0 aromatic heterocycles. The van der Waals surface area contributed by atoms with E-state index < -0.39 is 0 Å². The highest BCUT2D eigenvalue weighted by Gasteiger charge is 1.81. The number of rotatable bonds is 0. The van der Waals surface area contributed by atoms with Crippen LogP contribution >= 0.6 is 35.0 Å². The molecule has 2 heteroatoms. The van der Waals surface area contributed by atoms with E-state index in [1.807, 2.05) is 0 Å². The normalized spacial score (nSPS) is 8.22. The Morgan fingerprint density at radius 2 is 1.56 bits per heavy atom. The molecule has 1 aromatic carbocycles. The molecule has 0 bridgehead atoms. The highest BCUT2D eigenvalue weighted by atomic mass is 127. The quantitative estimate of drug-likeness (QED) is 0.624. The molecule has 0 amide bonds. The SMILES string of the molecule is Cc1ccc(I)cc1.Cl. The molecule has 0 fully saturated rings. The molecule has 0 nitrogen and oxygen atoms in total. The molecule has 0 heterocycles. The molecule has 50 valence electrons. The van der Waals surface area contributed by atoms with E-state index in [0.717, 1.165) is 0 Å². The minimum absolute atomic E-state index is 0. The van der Waals surface area contributed by atoms with Crippen molar-refractivity contribution in [3.05, 3.63) is 33.4 Å². The van der Waals surface area contributed by atoms with E-state index in [1.54, 1.807) is 0 Å². The summed E-state index contributed by atoms with van der Waals surface area (Å²) in [7, 11) is 0. The molecule has 0 aliphatic heterocycles. The average Bonchev–Trinajstić information content (AvgIpc) is 1.77. The fraction of sp³-hybridized carbons (Fsp3) is 0.143. The van der Waals surface area contributed by atoms with Crippen molar-refractivity contribution in [1.82, 2.24) is 0 Å². The fourth-order valence-corrected chi connectivity index (χ4v) is 0.893. The van der Waals surface area contributed by atoms with Gasteiger partial charge in [0.2, 0.25) is 0 Å². The lowest BCUT2D eigenvalue weighted by Gasteiger charge is -1.88. The molecule has 9 heavy (non-hydrogen) atoms. The molecular weight excluding hydrogens is 246 g/mol. The van der Waals surface area contributed by atoms with Gasteiger partial charge in [-0.3, -0.25) is 0 Å². The number of hydrogen-bond acceptors (Lipinski definition) is 0. The van der Waals surface area contributed by atoms with Gasteiger partial charge in [-0.25, -0.2) is 0 Å². The zero-order chi connectivity index (χ0) is 5.98. The third-order valence-corrected chi connectivity index (χ3v) is 1.73. The van der Waals surface area contributed by atoms with Crippen molar-refractivity contribution >= 4 is 35.0 Å². The Kier molecular flexibility index (Phi) is 4.23. The van der Waals surface area contributed by atoms with Crippen molar-refractivity contribution in [3.63, 3.8) is 0 Å². The lowest BCUT2D eigenvalue weighted by molar-refractivity contribution is 1.46. The molecule has 1 aromatic rings. The molecule has 1 rings (SSSR count). The summed E-state index contributed by atoms with van der Waals surface area (Å²) in [6.07, 6.45) is 0. The van der Waals surface area contributed by atoms with Crippen LogP contribution in [0.5, 0.6) is 0 Å². The molecule has 0 saturated carbocycles. The van der Waals surface area contributed by atoms with Crippen molar-refractivity contribution < 1.29 is 0 Å². The zero-order valence-corrected chi connectivity index (χ0v) is 8.07. The van der Waals surface area contributed by atoms with Gasteiger partial charge in [0.15, 0.2) is 0 Å². The Balaban J connectivity index is 0.000000640. The van der Waals surface area contributed by atoms with Crippen LogP contribution in [-0.2, 0) is 0 Å². The Morgan fingerprint density at radius 1 is 1.11 bits per heavy atom. The second-order valence-electron chi connectivity index (χ2n) is 1.80. The average molecular weight is 254 g/mol. The molecule has 0 radical (unpaired) electrons. The van der Waals surface area contributed by atoms with E-state index in [0.29, 0.717) is 0 Å². The van der Waals surface area contributed by atoms with Crippen LogP contribution in [0.25, 0.3) is 0 Å². The van der Waals surface area contributed by atoms with Gasteiger partial charge in [0, 0.05) is 3.57 Å². The van der Waals surface area contributed by atoms with E-state index in [2.05, 4.69) is 53.8 Å².